The summed E-state index contributed by atoms with van der Waals surface area (Å²) in [6, 6.07) is 6.18. The molecule has 1 aromatic rings. The minimum atomic E-state index is -0.0918. The third-order valence-corrected chi connectivity index (χ3v) is 4.43. The van der Waals surface area contributed by atoms with Gasteiger partial charge in [-0.25, -0.2) is 4.39 Å². The Bertz CT molecular complexity index is 450. The smallest absolute Gasteiger partial charge is 0.146 e. The molecular formula is C18H29FN2. The Morgan fingerprint density at radius 2 is 2.00 bits per heavy atom. The molecule has 2 rings (SSSR count). The van der Waals surface area contributed by atoms with Gasteiger partial charge in [-0.3, -0.25) is 0 Å². The zero-order valence-electron chi connectivity index (χ0n) is 14.0. The molecule has 0 aromatic heterocycles. The highest BCUT2D eigenvalue weighted by molar-refractivity contribution is 5.56. The lowest BCUT2D eigenvalue weighted by Gasteiger charge is -2.45. The highest BCUT2D eigenvalue weighted by atomic mass is 19.1. The number of hydrogen-bond acceptors (Lipinski definition) is 2. The summed E-state index contributed by atoms with van der Waals surface area (Å²) in [5.41, 5.74) is 1.83. The zero-order valence-corrected chi connectivity index (χ0v) is 14.0. The van der Waals surface area contributed by atoms with Crippen LogP contribution in [-0.4, -0.2) is 25.2 Å². The summed E-state index contributed by atoms with van der Waals surface area (Å²) in [6.07, 6.45) is 1.13. The van der Waals surface area contributed by atoms with Crippen LogP contribution in [0.1, 0.15) is 39.7 Å². The van der Waals surface area contributed by atoms with Gasteiger partial charge in [-0.05, 0) is 36.8 Å². The topological polar surface area (TPSA) is 15.3 Å². The van der Waals surface area contributed by atoms with Crippen molar-refractivity contribution in [1.29, 1.82) is 0 Å². The molecule has 1 saturated heterocycles. The summed E-state index contributed by atoms with van der Waals surface area (Å²) in [5.74, 6) is 1.06. The van der Waals surface area contributed by atoms with E-state index in [0.717, 1.165) is 30.8 Å². The average molecular weight is 292 g/mol. The number of halogens is 1. The first kappa shape index (κ1) is 16.3. The van der Waals surface area contributed by atoms with Crippen LogP contribution in [0.15, 0.2) is 18.2 Å². The van der Waals surface area contributed by atoms with Crippen LogP contribution in [0.5, 0.6) is 0 Å². The molecular weight excluding hydrogens is 263 g/mol. The second-order valence-electron chi connectivity index (χ2n) is 7.10. The van der Waals surface area contributed by atoms with E-state index in [0.29, 0.717) is 23.9 Å². The van der Waals surface area contributed by atoms with E-state index in [1.807, 2.05) is 13.0 Å². The molecule has 1 aliphatic heterocycles. The van der Waals surface area contributed by atoms with Crippen LogP contribution in [-0.2, 0) is 0 Å². The van der Waals surface area contributed by atoms with Crippen LogP contribution in [0.3, 0.4) is 0 Å². The molecule has 1 N–H and O–H groups in total. The monoisotopic (exact) mass is 292 g/mol. The number of anilines is 1. The molecule has 0 saturated carbocycles. The second kappa shape index (κ2) is 6.78. The van der Waals surface area contributed by atoms with Crippen LogP contribution in [0.4, 0.5) is 10.1 Å². The van der Waals surface area contributed by atoms with E-state index < -0.39 is 0 Å². The average Bonchev–Trinajstić information content (AvgIpc) is 2.37. The fourth-order valence-corrected chi connectivity index (χ4v) is 3.40. The van der Waals surface area contributed by atoms with Crippen molar-refractivity contribution in [2.24, 2.45) is 11.8 Å². The highest BCUT2D eigenvalue weighted by Crippen LogP contribution is 2.30. The quantitative estimate of drug-likeness (QED) is 0.903. The van der Waals surface area contributed by atoms with Crippen molar-refractivity contribution in [3.8, 4) is 0 Å². The van der Waals surface area contributed by atoms with Gasteiger partial charge >= 0.3 is 0 Å². The molecule has 0 bridgehead atoms. The first-order chi connectivity index (χ1) is 9.90. The van der Waals surface area contributed by atoms with Gasteiger partial charge in [0.25, 0.3) is 0 Å². The van der Waals surface area contributed by atoms with E-state index in [4.69, 9.17) is 0 Å². The number of benzene rings is 1. The normalized spacial score (nSPS) is 23.1. The van der Waals surface area contributed by atoms with Gasteiger partial charge in [0.15, 0.2) is 0 Å². The molecule has 1 aliphatic rings. The van der Waals surface area contributed by atoms with Crippen LogP contribution in [0.25, 0.3) is 0 Å². The predicted molar refractivity (Wildman–Crippen MR) is 88.4 cm³/mol. The Hall–Kier alpha value is -1.09. The summed E-state index contributed by atoms with van der Waals surface area (Å²) in [7, 11) is 0. The first-order valence-corrected chi connectivity index (χ1v) is 8.15. The maximum Gasteiger partial charge on any atom is 0.146 e. The number of para-hydroxylation sites is 1. The minimum absolute atomic E-state index is 0.0918. The molecule has 2 atom stereocenters. The number of hydrogen-bond donors (Lipinski definition) is 1. The largest absolute Gasteiger partial charge is 0.363 e. The summed E-state index contributed by atoms with van der Waals surface area (Å²) < 4.78 is 14.4. The van der Waals surface area contributed by atoms with E-state index in [1.165, 1.54) is 0 Å². The Kier molecular flexibility index (Phi) is 5.26. The highest BCUT2D eigenvalue weighted by Gasteiger charge is 2.32. The van der Waals surface area contributed by atoms with Gasteiger partial charge in [0.2, 0.25) is 0 Å². The molecule has 0 amide bonds. The number of nitrogens with zero attached hydrogens (tertiary/aromatic N) is 1. The number of nitrogens with one attached hydrogen (secondary N) is 1. The van der Waals surface area contributed by atoms with Gasteiger partial charge in [0.1, 0.15) is 5.82 Å². The summed E-state index contributed by atoms with van der Waals surface area (Å²) in [4.78, 5) is 2.30. The standard InChI is InChI=1S/C18H29FN2/c1-12(2)9-15-11-21(17(10-20-15)13(3)4)18-14(5)7-6-8-16(18)19/h6-8,12-13,15,17,20H,9-11H2,1-5H3. The number of piperazine rings is 1. The van der Waals surface area contributed by atoms with E-state index in [1.54, 1.807) is 12.1 Å². The maximum atomic E-state index is 14.4. The van der Waals surface area contributed by atoms with Crippen molar-refractivity contribution in [1.82, 2.24) is 5.32 Å². The summed E-state index contributed by atoms with van der Waals surface area (Å²) in [5, 5.41) is 3.66. The van der Waals surface area contributed by atoms with Crippen molar-refractivity contribution in [2.45, 2.75) is 53.1 Å². The van der Waals surface area contributed by atoms with Crippen molar-refractivity contribution in [3.05, 3.63) is 29.6 Å². The third-order valence-electron chi connectivity index (χ3n) is 4.43. The van der Waals surface area contributed by atoms with Crippen LogP contribution < -0.4 is 10.2 Å². The van der Waals surface area contributed by atoms with Crippen molar-refractivity contribution >= 4 is 5.69 Å². The van der Waals surface area contributed by atoms with Crippen molar-refractivity contribution < 1.29 is 4.39 Å². The SMILES string of the molecule is Cc1cccc(F)c1N1CC(CC(C)C)NCC1C(C)C. The van der Waals surface area contributed by atoms with Crippen molar-refractivity contribution in [2.75, 3.05) is 18.0 Å². The Balaban J connectivity index is 2.30. The van der Waals surface area contributed by atoms with E-state index >= 15 is 0 Å². The molecule has 118 valence electrons. The first-order valence-electron chi connectivity index (χ1n) is 8.15. The van der Waals surface area contributed by atoms with Gasteiger partial charge in [-0.1, -0.05) is 39.8 Å². The van der Waals surface area contributed by atoms with Gasteiger partial charge in [0, 0.05) is 25.2 Å². The minimum Gasteiger partial charge on any atom is -0.363 e. The summed E-state index contributed by atoms with van der Waals surface area (Å²) >= 11 is 0. The lowest BCUT2D eigenvalue weighted by atomic mass is 9.93. The molecule has 1 heterocycles. The molecule has 1 fully saturated rings. The van der Waals surface area contributed by atoms with Crippen LogP contribution >= 0.6 is 0 Å². The zero-order chi connectivity index (χ0) is 15.6. The van der Waals surface area contributed by atoms with E-state index in [9.17, 15) is 4.39 Å². The summed E-state index contributed by atoms with van der Waals surface area (Å²) in [6.45, 7) is 12.8. The van der Waals surface area contributed by atoms with Gasteiger partial charge in [-0.15, -0.1) is 0 Å². The molecule has 0 aliphatic carbocycles. The lowest BCUT2D eigenvalue weighted by molar-refractivity contribution is 0.308. The predicted octanol–water partition coefficient (Wildman–Crippen LogP) is 3.98. The van der Waals surface area contributed by atoms with E-state index in [2.05, 4.69) is 37.9 Å². The van der Waals surface area contributed by atoms with Crippen LogP contribution in [0.2, 0.25) is 0 Å². The lowest BCUT2D eigenvalue weighted by Crippen LogP contribution is -2.59. The maximum absolute atomic E-state index is 14.4. The Morgan fingerprint density at radius 3 is 2.57 bits per heavy atom. The third kappa shape index (κ3) is 3.76. The molecule has 2 unspecified atom stereocenters. The number of rotatable bonds is 4. The fourth-order valence-electron chi connectivity index (χ4n) is 3.40. The fraction of sp³-hybridized carbons (Fsp3) is 0.667. The Labute approximate surface area is 128 Å². The van der Waals surface area contributed by atoms with Gasteiger partial charge in [0.05, 0.1) is 5.69 Å². The van der Waals surface area contributed by atoms with Gasteiger partial charge < -0.3 is 10.2 Å². The van der Waals surface area contributed by atoms with E-state index in [-0.39, 0.29) is 5.82 Å². The molecule has 0 radical (unpaired) electrons. The molecule has 0 spiro atoms. The number of aryl methyl sites for hydroxylation is 1. The van der Waals surface area contributed by atoms with Crippen molar-refractivity contribution in [3.63, 3.8) is 0 Å². The molecule has 21 heavy (non-hydrogen) atoms. The molecule has 2 nitrogen and oxygen atoms in total. The second-order valence-corrected chi connectivity index (χ2v) is 7.10. The molecule has 1 aromatic carbocycles. The van der Waals surface area contributed by atoms with Crippen LogP contribution in [0, 0.1) is 24.6 Å². The Morgan fingerprint density at radius 1 is 1.29 bits per heavy atom. The molecule has 3 heteroatoms. The van der Waals surface area contributed by atoms with Gasteiger partial charge in [-0.2, -0.15) is 0 Å².